The van der Waals surface area contributed by atoms with Gasteiger partial charge in [-0.05, 0) is 20.0 Å². The lowest BCUT2D eigenvalue weighted by molar-refractivity contribution is -0.0175. The molecule has 2 heterocycles. The van der Waals surface area contributed by atoms with Gasteiger partial charge in [-0.15, -0.1) is 0 Å². The summed E-state index contributed by atoms with van der Waals surface area (Å²) in [6, 6.07) is 1.85. The Morgan fingerprint density at radius 2 is 2.33 bits per heavy atom. The fourth-order valence-electron chi connectivity index (χ4n) is 2.14. The van der Waals surface area contributed by atoms with E-state index in [0.717, 1.165) is 31.0 Å². The van der Waals surface area contributed by atoms with Gasteiger partial charge >= 0.3 is 0 Å². The molecule has 1 amide bonds. The predicted octanol–water partition coefficient (Wildman–Crippen LogP) is 0.394. The minimum absolute atomic E-state index is 0.0232. The monoisotopic (exact) mass is 251 g/mol. The molecule has 0 saturated carbocycles. The fraction of sp³-hybridized carbons (Fsp3) is 0.615. The Morgan fingerprint density at radius 1 is 1.56 bits per heavy atom. The van der Waals surface area contributed by atoms with E-state index < -0.39 is 0 Å². The van der Waals surface area contributed by atoms with Crippen LogP contribution in [0, 0.1) is 6.92 Å². The molecule has 0 aliphatic carbocycles. The van der Waals surface area contributed by atoms with E-state index in [1.807, 2.05) is 30.8 Å². The summed E-state index contributed by atoms with van der Waals surface area (Å²) in [7, 11) is 4.00. The van der Waals surface area contributed by atoms with Crippen LogP contribution in [-0.2, 0) is 11.8 Å². The molecule has 1 aromatic rings. The van der Waals surface area contributed by atoms with Crippen molar-refractivity contribution in [1.29, 1.82) is 0 Å². The summed E-state index contributed by atoms with van der Waals surface area (Å²) in [5, 5.41) is 2.94. The number of amides is 1. The summed E-state index contributed by atoms with van der Waals surface area (Å²) in [6.07, 6.45) is 1.99. The molecular formula is C13H21N3O2. The van der Waals surface area contributed by atoms with Crippen LogP contribution in [0.1, 0.15) is 16.1 Å². The number of rotatable bonds is 3. The summed E-state index contributed by atoms with van der Waals surface area (Å²) >= 11 is 0. The maximum absolute atomic E-state index is 12.0. The number of carbonyl (C=O) groups excluding carboxylic acids is 1. The van der Waals surface area contributed by atoms with Crippen LogP contribution in [0.2, 0.25) is 0 Å². The molecule has 100 valence electrons. The Bertz CT molecular complexity index is 428. The van der Waals surface area contributed by atoms with Crippen molar-refractivity contribution in [3.63, 3.8) is 0 Å². The lowest BCUT2D eigenvalue weighted by Crippen LogP contribution is -2.45. The second-order valence-corrected chi connectivity index (χ2v) is 4.89. The highest BCUT2D eigenvalue weighted by Crippen LogP contribution is 2.08. The van der Waals surface area contributed by atoms with Crippen molar-refractivity contribution in [2.24, 2.45) is 7.05 Å². The molecule has 0 aromatic carbocycles. The van der Waals surface area contributed by atoms with Crippen LogP contribution in [-0.4, -0.2) is 54.8 Å². The molecule has 1 aliphatic heterocycles. The number of ether oxygens (including phenoxy) is 1. The van der Waals surface area contributed by atoms with Gasteiger partial charge in [0.15, 0.2) is 0 Å². The second kappa shape index (κ2) is 5.54. The van der Waals surface area contributed by atoms with Crippen molar-refractivity contribution in [2.75, 3.05) is 33.3 Å². The predicted molar refractivity (Wildman–Crippen MR) is 69.7 cm³/mol. The molecule has 0 radical (unpaired) electrons. The first-order valence-corrected chi connectivity index (χ1v) is 6.28. The van der Waals surface area contributed by atoms with Gasteiger partial charge in [0.1, 0.15) is 0 Å². The van der Waals surface area contributed by atoms with Crippen LogP contribution < -0.4 is 5.32 Å². The molecule has 0 bridgehead atoms. The Labute approximate surface area is 108 Å². The maximum atomic E-state index is 12.0. The van der Waals surface area contributed by atoms with Crippen LogP contribution in [0.15, 0.2) is 12.3 Å². The lowest BCUT2D eigenvalue weighted by Gasteiger charge is -2.30. The summed E-state index contributed by atoms with van der Waals surface area (Å²) in [4.78, 5) is 14.2. The highest BCUT2D eigenvalue weighted by atomic mass is 16.5. The van der Waals surface area contributed by atoms with Gasteiger partial charge in [0.25, 0.3) is 5.91 Å². The van der Waals surface area contributed by atoms with Crippen molar-refractivity contribution >= 4 is 5.91 Å². The number of nitrogens with one attached hydrogen (secondary N) is 1. The lowest BCUT2D eigenvalue weighted by atomic mass is 10.2. The van der Waals surface area contributed by atoms with E-state index in [1.165, 1.54) is 0 Å². The minimum atomic E-state index is -0.0232. The first kappa shape index (κ1) is 13.1. The van der Waals surface area contributed by atoms with Crippen LogP contribution in [0.3, 0.4) is 0 Å². The number of nitrogens with zero attached hydrogens (tertiary/aromatic N) is 2. The zero-order valence-corrected chi connectivity index (χ0v) is 11.3. The van der Waals surface area contributed by atoms with Crippen LogP contribution in [0.25, 0.3) is 0 Å². The molecule has 1 fully saturated rings. The van der Waals surface area contributed by atoms with Gasteiger partial charge in [-0.25, -0.2) is 0 Å². The molecule has 5 nitrogen and oxygen atoms in total. The third-order valence-corrected chi connectivity index (χ3v) is 3.46. The summed E-state index contributed by atoms with van der Waals surface area (Å²) in [5.41, 5.74) is 1.72. The van der Waals surface area contributed by atoms with Gasteiger partial charge in [0, 0.05) is 38.6 Å². The first-order valence-electron chi connectivity index (χ1n) is 6.28. The topological polar surface area (TPSA) is 46.5 Å². The van der Waals surface area contributed by atoms with Crippen LogP contribution in [0.4, 0.5) is 0 Å². The Balaban J connectivity index is 1.86. The maximum Gasteiger partial charge on any atom is 0.253 e. The molecule has 1 atom stereocenters. The van der Waals surface area contributed by atoms with Crippen molar-refractivity contribution in [3.05, 3.63) is 23.5 Å². The second-order valence-electron chi connectivity index (χ2n) is 4.89. The Hall–Kier alpha value is -1.33. The SMILES string of the molecule is Cc1c(C(=O)NCC2CN(C)CCO2)ccn1C. The number of morpholine rings is 1. The molecule has 1 N–H and O–H groups in total. The van der Waals surface area contributed by atoms with E-state index in [-0.39, 0.29) is 12.0 Å². The molecule has 18 heavy (non-hydrogen) atoms. The molecular weight excluding hydrogens is 230 g/mol. The highest BCUT2D eigenvalue weighted by molar-refractivity contribution is 5.95. The van der Waals surface area contributed by atoms with Gasteiger partial charge < -0.3 is 19.5 Å². The fourth-order valence-corrected chi connectivity index (χ4v) is 2.14. The van der Waals surface area contributed by atoms with Crippen LogP contribution >= 0.6 is 0 Å². The third kappa shape index (κ3) is 2.91. The van der Waals surface area contributed by atoms with Gasteiger partial charge in [-0.1, -0.05) is 0 Å². The van der Waals surface area contributed by atoms with E-state index >= 15 is 0 Å². The van der Waals surface area contributed by atoms with Gasteiger partial charge in [-0.2, -0.15) is 0 Å². The van der Waals surface area contributed by atoms with E-state index in [0.29, 0.717) is 6.54 Å². The number of aromatic nitrogens is 1. The summed E-state index contributed by atoms with van der Waals surface area (Å²) in [6.45, 7) is 5.08. The van der Waals surface area contributed by atoms with Gasteiger partial charge in [0.2, 0.25) is 0 Å². The van der Waals surface area contributed by atoms with Crippen molar-refractivity contribution < 1.29 is 9.53 Å². The number of hydrogen-bond donors (Lipinski definition) is 1. The minimum Gasteiger partial charge on any atom is -0.374 e. The normalized spacial score (nSPS) is 20.9. The number of hydrogen-bond acceptors (Lipinski definition) is 3. The smallest absolute Gasteiger partial charge is 0.253 e. The molecule has 5 heteroatoms. The zero-order chi connectivity index (χ0) is 13.1. The van der Waals surface area contributed by atoms with Crippen molar-refractivity contribution in [2.45, 2.75) is 13.0 Å². The Kier molecular flexibility index (Phi) is 4.04. The summed E-state index contributed by atoms with van der Waals surface area (Å²) in [5.74, 6) is -0.0232. The number of carbonyl (C=O) groups is 1. The largest absolute Gasteiger partial charge is 0.374 e. The molecule has 1 unspecified atom stereocenters. The number of likely N-dealkylation sites (N-methyl/N-ethyl adjacent to an activating group) is 1. The quantitative estimate of drug-likeness (QED) is 0.845. The molecule has 0 spiro atoms. The van der Waals surface area contributed by atoms with Crippen molar-refractivity contribution in [1.82, 2.24) is 14.8 Å². The number of aryl methyl sites for hydroxylation is 1. The molecule has 1 aliphatic rings. The summed E-state index contributed by atoms with van der Waals surface area (Å²) < 4.78 is 7.55. The van der Waals surface area contributed by atoms with Gasteiger partial charge in [0.05, 0.1) is 18.3 Å². The molecule has 1 saturated heterocycles. The molecule has 2 rings (SSSR count). The standard InChI is InChI=1S/C13H21N3O2/c1-10-12(4-5-16(10)3)13(17)14-8-11-9-15(2)6-7-18-11/h4-5,11H,6-9H2,1-3H3,(H,14,17). The first-order chi connectivity index (χ1) is 8.58. The average molecular weight is 251 g/mol. The van der Waals surface area contributed by atoms with Crippen molar-refractivity contribution in [3.8, 4) is 0 Å². The average Bonchev–Trinajstić information content (AvgIpc) is 2.67. The van der Waals surface area contributed by atoms with E-state index in [4.69, 9.17) is 4.74 Å². The third-order valence-electron chi connectivity index (χ3n) is 3.46. The zero-order valence-electron chi connectivity index (χ0n) is 11.3. The van der Waals surface area contributed by atoms with Crippen LogP contribution in [0.5, 0.6) is 0 Å². The Morgan fingerprint density at radius 3 is 2.94 bits per heavy atom. The van der Waals surface area contributed by atoms with Gasteiger partial charge in [-0.3, -0.25) is 4.79 Å². The highest BCUT2D eigenvalue weighted by Gasteiger charge is 2.19. The van der Waals surface area contributed by atoms with E-state index in [9.17, 15) is 4.79 Å². The van der Waals surface area contributed by atoms with E-state index in [2.05, 4.69) is 17.3 Å². The van der Waals surface area contributed by atoms with E-state index in [1.54, 1.807) is 0 Å². The molecule has 1 aromatic heterocycles.